The highest BCUT2D eigenvalue weighted by atomic mass is 32.2. The van der Waals surface area contributed by atoms with Gasteiger partial charge in [-0.25, -0.2) is 17.8 Å². The van der Waals surface area contributed by atoms with Crippen molar-refractivity contribution >= 4 is 15.9 Å². The molecule has 5 rings (SSSR count). The summed E-state index contributed by atoms with van der Waals surface area (Å²) in [4.78, 5) is 18.9. The minimum absolute atomic E-state index is 0.0592. The number of aryl methyl sites for hydroxylation is 3. The number of hydrogen-bond donors (Lipinski definition) is 0. The zero-order chi connectivity index (χ0) is 23.7. The topological polar surface area (TPSA) is 83.7 Å². The number of carbonyl (C=O) groups is 1. The number of halogens is 1. The summed E-state index contributed by atoms with van der Waals surface area (Å²) < 4.78 is 46.4. The first kappa shape index (κ1) is 22.7. The number of aromatic nitrogens is 1. The third kappa shape index (κ3) is 4.63. The molecule has 1 saturated heterocycles. The minimum Gasteiger partial charge on any atom is -0.441 e. The van der Waals surface area contributed by atoms with Crippen molar-refractivity contribution in [3.05, 3.63) is 71.5 Å². The molecule has 0 atom stereocenters. The zero-order valence-electron chi connectivity index (χ0n) is 18.7. The van der Waals surface area contributed by atoms with Crippen LogP contribution in [0.1, 0.15) is 29.9 Å². The van der Waals surface area contributed by atoms with Gasteiger partial charge in [0.1, 0.15) is 5.82 Å². The number of sulfonamides is 1. The van der Waals surface area contributed by atoms with Crippen LogP contribution in [0.5, 0.6) is 0 Å². The highest BCUT2D eigenvalue weighted by Crippen LogP contribution is 2.27. The molecule has 0 radical (unpaired) electrons. The predicted molar refractivity (Wildman–Crippen MR) is 124 cm³/mol. The molecule has 7 nitrogen and oxygen atoms in total. The second-order valence-corrected chi connectivity index (χ2v) is 10.6. The lowest BCUT2D eigenvalue weighted by Crippen LogP contribution is -2.50. The first-order chi connectivity index (χ1) is 16.4. The summed E-state index contributed by atoms with van der Waals surface area (Å²) >= 11 is 0. The van der Waals surface area contributed by atoms with Crippen molar-refractivity contribution in [2.45, 2.75) is 37.0 Å². The Morgan fingerprint density at radius 2 is 1.74 bits per heavy atom. The number of nitrogens with zero attached hydrogens (tertiary/aromatic N) is 3. The molecule has 178 valence electrons. The van der Waals surface area contributed by atoms with E-state index < -0.39 is 10.0 Å². The summed E-state index contributed by atoms with van der Waals surface area (Å²) in [5.74, 6) is 0.573. The Morgan fingerprint density at radius 1 is 1.00 bits per heavy atom. The lowest BCUT2D eigenvalue weighted by molar-refractivity contribution is -0.132. The molecule has 1 aliphatic carbocycles. The molecule has 34 heavy (non-hydrogen) atoms. The summed E-state index contributed by atoms with van der Waals surface area (Å²) in [5, 5.41) is 0. The van der Waals surface area contributed by atoms with E-state index >= 15 is 0 Å². The molecule has 9 heteroatoms. The number of piperazine rings is 1. The maximum absolute atomic E-state index is 13.1. The normalized spacial score (nSPS) is 16.6. The Kier molecular flexibility index (Phi) is 6.22. The van der Waals surface area contributed by atoms with Crippen molar-refractivity contribution in [3.8, 4) is 11.3 Å². The quantitative estimate of drug-likeness (QED) is 0.536. The number of fused-ring (bicyclic) bond motifs is 1. The molecular formula is C25H26FN3O4S. The fourth-order valence-corrected chi connectivity index (χ4v) is 6.05. The Labute approximate surface area is 198 Å². The van der Waals surface area contributed by atoms with Gasteiger partial charge in [0.2, 0.25) is 15.9 Å². The zero-order valence-corrected chi connectivity index (χ0v) is 19.6. The van der Waals surface area contributed by atoms with E-state index in [1.54, 1.807) is 29.3 Å². The van der Waals surface area contributed by atoms with Crippen molar-refractivity contribution in [1.82, 2.24) is 14.2 Å². The third-order valence-electron chi connectivity index (χ3n) is 6.53. The summed E-state index contributed by atoms with van der Waals surface area (Å²) in [7, 11) is -3.57. The van der Waals surface area contributed by atoms with Crippen molar-refractivity contribution in [2.24, 2.45) is 0 Å². The number of hydrogen-bond acceptors (Lipinski definition) is 5. The molecule has 0 unspecified atom stereocenters. The van der Waals surface area contributed by atoms with Crippen LogP contribution in [0.4, 0.5) is 4.39 Å². The van der Waals surface area contributed by atoms with Crippen LogP contribution in [0.25, 0.3) is 11.3 Å². The molecule has 0 spiro atoms. The van der Waals surface area contributed by atoms with Gasteiger partial charge in [-0.15, -0.1) is 0 Å². The first-order valence-corrected chi connectivity index (χ1v) is 12.9. The van der Waals surface area contributed by atoms with Crippen LogP contribution in [-0.4, -0.2) is 54.7 Å². The van der Waals surface area contributed by atoms with Gasteiger partial charge >= 0.3 is 0 Å². The first-order valence-electron chi connectivity index (χ1n) is 11.5. The fourth-order valence-electron chi connectivity index (χ4n) is 4.58. The Balaban J connectivity index is 1.14. The molecule has 1 fully saturated rings. The molecule has 1 amide bonds. The number of amides is 1. The lowest BCUT2D eigenvalue weighted by atomic mass is 10.1. The fraction of sp³-hybridized carbons (Fsp3) is 0.360. The third-order valence-corrected chi connectivity index (χ3v) is 8.43. The standard InChI is InChI=1S/C25H26FN3O4S/c26-21-7-4-19(5-8-21)23-17-27-24(33-23)10-11-25(30)28-12-14-29(15-13-28)34(31,32)22-9-6-18-2-1-3-20(18)16-22/h4-9,16-17H,1-3,10-15H2. The van der Waals surface area contributed by atoms with Gasteiger partial charge in [0.15, 0.2) is 11.7 Å². The number of carbonyl (C=O) groups excluding carboxylic acids is 1. The molecule has 0 N–H and O–H groups in total. The second-order valence-electron chi connectivity index (χ2n) is 8.69. The molecule has 2 heterocycles. The SMILES string of the molecule is O=C(CCc1ncc(-c2ccc(F)cc2)o1)N1CCN(S(=O)(=O)c2ccc3c(c2)CCC3)CC1. The Morgan fingerprint density at radius 3 is 2.50 bits per heavy atom. The molecule has 2 aliphatic rings. The van der Waals surface area contributed by atoms with E-state index in [1.807, 2.05) is 12.1 Å². The maximum Gasteiger partial charge on any atom is 0.243 e. The van der Waals surface area contributed by atoms with Gasteiger partial charge in [0.05, 0.1) is 11.1 Å². The van der Waals surface area contributed by atoms with Gasteiger partial charge in [-0.05, 0) is 66.8 Å². The number of rotatable bonds is 6. The monoisotopic (exact) mass is 483 g/mol. The highest BCUT2D eigenvalue weighted by Gasteiger charge is 2.30. The van der Waals surface area contributed by atoms with Gasteiger partial charge in [-0.1, -0.05) is 6.07 Å². The second kappa shape index (κ2) is 9.31. The van der Waals surface area contributed by atoms with Gasteiger partial charge in [0.25, 0.3) is 0 Å². The van der Waals surface area contributed by atoms with Gasteiger partial charge in [-0.3, -0.25) is 4.79 Å². The Hall–Kier alpha value is -3.04. The van der Waals surface area contributed by atoms with E-state index in [0.29, 0.717) is 41.6 Å². The van der Waals surface area contributed by atoms with Crippen molar-refractivity contribution in [2.75, 3.05) is 26.2 Å². The summed E-state index contributed by atoms with van der Waals surface area (Å²) in [6.45, 7) is 1.27. The summed E-state index contributed by atoms with van der Waals surface area (Å²) in [6, 6.07) is 11.4. The molecule has 1 aromatic heterocycles. The lowest BCUT2D eigenvalue weighted by Gasteiger charge is -2.34. The molecule has 3 aromatic rings. The maximum atomic E-state index is 13.1. The van der Waals surface area contributed by atoms with E-state index in [2.05, 4.69) is 4.98 Å². The molecule has 0 saturated carbocycles. The molecule has 2 aromatic carbocycles. The van der Waals surface area contributed by atoms with Crippen LogP contribution >= 0.6 is 0 Å². The number of oxazole rings is 1. The van der Waals surface area contributed by atoms with E-state index in [0.717, 1.165) is 24.8 Å². The summed E-state index contributed by atoms with van der Waals surface area (Å²) in [6.07, 6.45) is 5.14. The van der Waals surface area contributed by atoms with E-state index in [9.17, 15) is 17.6 Å². The average molecular weight is 484 g/mol. The smallest absolute Gasteiger partial charge is 0.243 e. The predicted octanol–water partition coefficient (Wildman–Crippen LogP) is 3.44. The van der Waals surface area contributed by atoms with E-state index in [1.165, 1.54) is 22.0 Å². The van der Waals surface area contributed by atoms with Gasteiger partial charge in [-0.2, -0.15) is 4.31 Å². The van der Waals surface area contributed by atoms with Gasteiger partial charge < -0.3 is 9.32 Å². The largest absolute Gasteiger partial charge is 0.441 e. The van der Waals surface area contributed by atoms with Crippen LogP contribution in [0.15, 0.2) is 58.0 Å². The molecule has 0 bridgehead atoms. The van der Waals surface area contributed by atoms with Crippen molar-refractivity contribution in [1.29, 1.82) is 0 Å². The van der Waals surface area contributed by atoms with E-state index in [4.69, 9.17) is 4.42 Å². The van der Waals surface area contributed by atoms with Crippen LogP contribution in [-0.2, 0) is 34.1 Å². The van der Waals surface area contributed by atoms with Crippen LogP contribution in [0, 0.1) is 5.82 Å². The van der Waals surface area contributed by atoms with Crippen molar-refractivity contribution in [3.63, 3.8) is 0 Å². The molecule has 1 aliphatic heterocycles. The van der Waals surface area contributed by atoms with Crippen molar-refractivity contribution < 1.29 is 22.0 Å². The summed E-state index contributed by atoms with van der Waals surface area (Å²) in [5.41, 5.74) is 3.08. The Bertz CT molecular complexity index is 1300. The average Bonchev–Trinajstić information content (AvgIpc) is 3.52. The van der Waals surface area contributed by atoms with Crippen LogP contribution in [0.3, 0.4) is 0 Å². The van der Waals surface area contributed by atoms with Gasteiger partial charge in [0, 0.05) is 44.6 Å². The molecular weight excluding hydrogens is 457 g/mol. The van der Waals surface area contributed by atoms with Crippen LogP contribution in [0.2, 0.25) is 0 Å². The number of benzene rings is 2. The van der Waals surface area contributed by atoms with Crippen LogP contribution < -0.4 is 0 Å². The minimum atomic E-state index is -3.57. The van der Waals surface area contributed by atoms with E-state index in [-0.39, 0.29) is 31.2 Å². The highest BCUT2D eigenvalue weighted by molar-refractivity contribution is 7.89.